The van der Waals surface area contributed by atoms with Crippen molar-refractivity contribution >= 4 is 23.2 Å². The van der Waals surface area contributed by atoms with E-state index in [0.29, 0.717) is 35.1 Å². The van der Waals surface area contributed by atoms with Gasteiger partial charge in [-0.2, -0.15) is 0 Å². The third-order valence-electron chi connectivity index (χ3n) is 5.75. The summed E-state index contributed by atoms with van der Waals surface area (Å²) in [5, 5.41) is 6.20. The standard InChI is InChI=1S/C19H25N7O2/c1-4-25-7-5-6-19(9-25)24-17(27)14-11(2)8-13(18(28)26(14)19)23-16-12(3)15(20)21-10-22-16/h8,10H,4-7,9H2,1-3H3,(H,24,27)(H3,20,21,22,23). The average Bonchev–Trinajstić information content (AvgIpc) is 2.95. The van der Waals surface area contributed by atoms with Gasteiger partial charge >= 0.3 is 0 Å². The van der Waals surface area contributed by atoms with Crippen LogP contribution in [-0.2, 0) is 5.66 Å². The summed E-state index contributed by atoms with van der Waals surface area (Å²) >= 11 is 0. The van der Waals surface area contributed by atoms with Gasteiger partial charge < -0.3 is 16.4 Å². The number of aryl methyl sites for hydroxylation is 1. The molecule has 148 valence electrons. The lowest BCUT2D eigenvalue weighted by Gasteiger charge is -2.41. The van der Waals surface area contributed by atoms with Crippen LogP contribution in [0, 0.1) is 13.8 Å². The number of anilines is 3. The van der Waals surface area contributed by atoms with Crippen molar-refractivity contribution in [3.8, 4) is 0 Å². The number of hydrogen-bond donors (Lipinski definition) is 3. The van der Waals surface area contributed by atoms with Gasteiger partial charge in [0.15, 0.2) is 0 Å². The molecular formula is C19H25N7O2. The van der Waals surface area contributed by atoms with Crippen LogP contribution in [0.3, 0.4) is 0 Å². The number of carbonyl (C=O) groups is 1. The van der Waals surface area contributed by atoms with E-state index in [4.69, 9.17) is 5.73 Å². The van der Waals surface area contributed by atoms with Crippen LogP contribution in [0.15, 0.2) is 17.2 Å². The maximum atomic E-state index is 13.4. The number of pyridine rings is 1. The number of aromatic nitrogens is 3. The van der Waals surface area contributed by atoms with E-state index in [1.165, 1.54) is 6.33 Å². The molecule has 4 rings (SSSR count). The summed E-state index contributed by atoms with van der Waals surface area (Å²) < 4.78 is 1.65. The van der Waals surface area contributed by atoms with Crippen LogP contribution in [0.5, 0.6) is 0 Å². The highest BCUT2D eigenvalue weighted by atomic mass is 16.2. The third kappa shape index (κ3) is 2.73. The van der Waals surface area contributed by atoms with Gasteiger partial charge in [-0.15, -0.1) is 0 Å². The zero-order chi connectivity index (χ0) is 20.1. The first-order valence-electron chi connectivity index (χ1n) is 9.52. The van der Waals surface area contributed by atoms with Gasteiger partial charge in [-0.25, -0.2) is 9.97 Å². The van der Waals surface area contributed by atoms with Crippen molar-refractivity contribution in [3.05, 3.63) is 39.6 Å². The molecule has 0 saturated carbocycles. The number of nitrogens with zero attached hydrogens (tertiary/aromatic N) is 4. The molecule has 2 aromatic rings. The fraction of sp³-hybridized carbons (Fsp3) is 0.474. The molecule has 4 heterocycles. The zero-order valence-corrected chi connectivity index (χ0v) is 16.4. The Kier molecular flexibility index (Phi) is 4.34. The van der Waals surface area contributed by atoms with E-state index in [1.54, 1.807) is 17.6 Å². The van der Waals surface area contributed by atoms with Crippen molar-refractivity contribution in [2.45, 2.75) is 39.3 Å². The van der Waals surface area contributed by atoms with E-state index >= 15 is 0 Å². The Labute approximate surface area is 163 Å². The first-order valence-corrected chi connectivity index (χ1v) is 9.52. The monoisotopic (exact) mass is 383 g/mol. The lowest BCUT2D eigenvalue weighted by atomic mass is 9.98. The second-order valence-electron chi connectivity index (χ2n) is 7.55. The molecular weight excluding hydrogens is 358 g/mol. The molecule has 4 N–H and O–H groups in total. The quantitative estimate of drug-likeness (QED) is 0.726. The van der Waals surface area contributed by atoms with Crippen molar-refractivity contribution < 1.29 is 4.79 Å². The smallest absolute Gasteiger partial charge is 0.276 e. The van der Waals surface area contributed by atoms with Crippen molar-refractivity contribution in [1.82, 2.24) is 24.8 Å². The number of piperidine rings is 1. The second kappa shape index (κ2) is 6.59. The highest BCUT2D eigenvalue weighted by Gasteiger charge is 2.47. The van der Waals surface area contributed by atoms with Crippen LogP contribution < -0.4 is 21.9 Å². The number of likely N-dealkylation sites (tertiary alicyclic amines) is 1. The van der Waals surface area contributed by atoms with E-state index in [1.807, 2.05) is 6.92 Å². The number of nitrogens with two attached hydrogens (primary N) is 1. The highest BCUT2D eigenvalue weighted by molar-refractivity contribution is 5.97. The number of likely N-dealkylation sites (N-methyl/N-ethyl adjacent to an activating group) is 1. The van der Waals surface area contributed by atoms with Gasteiger partial charge in [-0.3, -0.25) is 19.1 Å². The molecule has 2 aromatic heterocycles. The fourth-order valence-corrected chi connectivity index (χ4v) is 4.24. The van der Waals surface area contributed by atoms with Gasteiger partial charge in [0.2, 0.25) is 0 Å². The van der Waals surface area contributed by atoms with Crippen molar-refractivity contribution in [2.24, 2.45) is 0 Å². The Morgan fingerprint density at radius 2 is 2.11 bits per heavy atom. The Balaban J connectivity index is 1.84. The van der Waals surface area contributed by atoms with Crippen LogP contribution in [0.2, 0.25) is 0 Å². The van der Waals surface area contributed by atoms with E-state index < -0.39 is 5.66 Å². The number of rotatable bonds is 3. The van der Waals surface area contributed by atoms with E-state index in [2.05, 4.69) is 32.4 Å². The number of hydrogen-bond acceptors (Lipinski definition) is 7. The van der Waals surface area contributed by atoms with Gasteiger partial charge in [0.25, 0.3) is 11.5 Å². The minimum Gasteiger partial charge on any atom is -0.383 e. The summed E-state index contributed by atoms with van der Waals surface area (Å²) in [4.78, 5) is 36.6. The predicted molar refractivity (Wildman–Crippen MR) is 107 cm³/mol. The number of amides is 1. The van der Waals surface area contributed by atoms with Crippen LogP contribution in [0.25, 0.3) is 0 Å². The predicted octanol–water partition coefficient (Wildman–Crippen LogP) is 1.09. The van der Waals surface area contributed by atoms with Crippen LogP contribution >= 0.6 is 0 Å². The number of nitrogen functional groups attached to an aromatic ring is 1. The molecule has 1 spiro atoms. The Bertz CT molecular complexity index is 1020. The molecule has 2 aliphatic rings. The summed E-state index contributed by atoms with van der Waals surface area (Å²) in [6.07, 6.45) is 3.00. The Morgan fingerprint density at radius 1 is 1.32 bits per heavy atom. The van der Waals surface area contributed by atoms with E-state index in [9.17, 15) is 9.59 Å². The van der Waals surface area contributed by atoms with Gasteiger partial charge in [0, 0.05) is 12.1 Å². The third-order valence-corrected chi connectivity index (χ3v) is 5.75. The van der Waals surface area contributed by atoms with Crippen molar-refractivity contribution in [1.29, 1.82) is 0 Å². The maximum absolute atomic E-state index is 13.4. The average molecular weight is 383 g/mol. The molecule has 0 aromatic carbocycles. The molecule has 0 radical (unpaired) electrons. The molecule has 9 heteroatoms. The molecule has 28 heavy (non-hydrogen) atoms. The van der Waals surface area contributed by atoms with Gasteiger partial charge in [-0.1, -0.05) is 6.92 Å². The largest absolute Gasteiger partial charge is 0.383 e. The summed E-state index contributed by atoms with van der Waals surface area (Å²) in [5.41, 5.74) is 7.12. The van der Waals surface area contributed by atoms with Gasteiger partial charge in [0.1, 0.15) is 35.0 Å². The molecule has 0 aliphatic carbocycles. The minimum atomic E-state index is -0.708. The molecule has 1 unspecified atom stereocenters. The molecule has 9 nitrogen and oxygen atoms in total. The summed E-state index contributed by atoms with van der Waals surface area (Å²) in [6, 6.07) is 1.70. The first-order chi connectivity index (χ1) is 13.4. The summed E-state index contributed by atoms with van der Waals surface area (Å²) in [6.45, 7) is 8.18. The lowest BCUT2D eigenvalue weighted by molar-refractivity contribution is 0.0691. The van der Waals surface area contributed by atoms with Gasteiger partial charge in [-0.05, 0) is 51.4 Å². The second-order valence-corrected chi connectivity index (χ2v) is 7.55. The Hall–Kier alpha value is -2.94. The van der Waals surface area contributed by atoms with E-state index in [-0.39, 0.29) is 11.5 Å². The number of nitrogens with one attached hydrogen (secondary N) is 2. The normalized spacial score (nSPS) is 21.6. The highest BCUT2D eigenvalue weighted by Crippen LogP contribution is 2.33. The SMILES string of the molecule is CCN1CCCC2(C1)NC(=O)c1c(C)cc(Nc3ncnc(N)c3C)c(=O)n12. The first kappa shape index (κ1) is 18.4. The van der Waals surface area contributed by atoms with Crippen molar-refractivity contribution in [2.75, 3.05) is 30.7 Å². The minimum absolute atomic E-state index is 0.193. The van der Waals surface area contributed by atoms with Crippen molar-refractivity contribution in [3.63, 3.8) is 0 Å². The summed E-state index contributed by atoms with van der Waals surface area (Å²) in [5.74, 6) is 0.644. The molecule has 0 bridgehead atoms. The zero-order valence-electron chi connectivity index (χ0n) is 16.4. The molecule has 1 amide bonds. The maximum Gasteiger partial charge on any atom is 0.276 e. The lowest BCUT2D eigenvalue weighted by Crippen LogP contribution is -2.57. The molecule has 1 atom stereocenters. The Morgan fingerprint density at radius 3 is 2.86 bits per heavy atom. The van der Waals surface area contributed by atoms with Crippen LogP contribution in [0.1, 0.15) is 41.4 Å². The number of carbonyl (C=O) groups excluding carboxylic acids is 1. The molecule has 1 saturated heterocycles. The van der Waals surface area contributed by atoms with Crippen LogP contribution in [0.4, 0.5) is 17.3 Å². The molecule has 2 aliphatic heterocycles. The number of fused-ring (bicyclic) bond motifs is 2. The van der Waals surface area contributed by atoms with Gasteiger partial charge in [0.05, 0.1) is 0 Å². The molecule has 1 fully saturated rings. The van der Waals surface area contributed by atoms with Crippen LogP contribution in [-0.4, -0.2) is 45.0 Å². The fourth-order valence-electron chi connectivity index (χ4n) is 4.24. The summed E-state index contributed by atoms with van der Waals surface area (Å²) in [7, 11) is 0. The topological polar surface area (TPSA) is 118 Å². The van der Waals surface area contributed by atoms with E-state index in [0.717, 1.165) is 31.5 Å².